The topological polar surface area (TPSA) is 75.3 Å². The summed E-state index contributed by atoms with van der Waals surface area (Å²) in [5, 5.41) is 2.52. The van der Waals surface area contributed by atoms with Gasteiger partial charge in [0.2, 0.25) is 15.9 Å². The Bertz CT molecular complexity index is 627. The van der Waals surface area contributed by atoms with Gasteiger partial charge in [0.1, 0.15) is 16.5 Å². The van der Waals surface area contributed by atoms with Crippen LogP contribution in [0.15, 0.2) is 21.5 Å². The lowest BCUT2D eigenvalue weighted by Gasteiger charge is -2.17. The van der Waals surface area contributed by atoms with Crippen molar-refractivity contribution < 1.29 is 22.0 Å². The molecule has 0 saturated carbocycles. The van der Waals surface area contributed by atoms with Crippen LogP contribution in [0, 0.1) is 11.6 Å². The zero-order valence-corrected chi connectivity index (χ0v) is 14.0. The van der Waals surface area contributed by atoms with Crippen LogP contribution in [0.2, 0.25) is 0 Å². The quantitative estimate of drug-likeness (QED) is 0.814. The summed E-state index contributed by atoms with van der Waals surface area (Å²) in [6.07, 6.45) is 0. The highest BCUT2D eigenvalue weighted by Crippen LogP contribution is 2.26. The molecule has 0 heterocycles. The van der Waals surface area contributed by atoms with Gasteiger partial charge in [-0.1, -0.05) is 0 Å². The molecule has 0 aliphatic heterocycles. The fraction of sp³-hybridized carbons (Fsp3) is 0.417. The summed E-state index contributed by atoms with van der Waals surface area (Å²) in [5.41, 5.74) is 0. The van der Waals surface area contributed by atoms with Crippen molar-refractivity contribution in [1.82, 2.24) is 10.0 Å². The summed E-state index contributed by atoms with van der Waals surface area (Å²) in [7, 11) is -4.32. The van der Waals surface area contributed by atoms with Gasteiger partial charge < -0.3 is 5.32 Å². The van der Waals surface area contributed by atoms with Crippen molar-refractivity contribution in [3.63, 3.8) is 0 Å². The second-order valence-electron chi connectivity index (χ2n) is 4.70. The first kappa shape index (κ1) is 18.0. The van der Waals surface area contributed by atoms with Crippen molar-refractivity contribution in [2.75, 3.05) is 0 Å². The number of carbonyl (C=O) groups excluding carboxylic acids is 1. The van der Waals surface area contributed by atoms with Crippen LogP contribution in [0.4, 0.5) is 8.78 Å². The zero-order chi connectivity index (χ0) is 16.4. The highest BCUT2D eigenvalue weighted by atomic mass is 79.9. The van der Waals surface area contributed by atoms with Gasteiger partial charge in [0.25, 0.3) is 0 Å². The fourth-order valence-electron chi connectivity index (χ4n) is 1.54. The van der Waals surface area contributed by atoms with Crippen molar-refractivity contribution in [3.05, 3.63) is 28.2 Å². The van der Waals surface area contributed by atoms with E-state index in [1.165, 1.54) is 6.92 Å². The molecule has 1 atom stereocenters. The normalized spacial score (nSPS) is 13.3. The van der Waals surface area contributed by atoms with E-state index in [-0.39, 0.29) is 10.5 Å². The molecule has 0 aromatic heterocycles. The Morgan fingerprint density at radius 1 is 1.24 bits per heavy atom. The Morgan fingerprint density at radius 2 is 1.81 bits per heavy atom. The summed E-state index contributed by atoms with van der Waals surface area (Å²) >= 11 is 2.80. The predicted octanol–water partition coefficient (Wildman–Crippen LogP) is 1.92. The molecule has 1 unspecified atom stereocenters. The molecule has 2 N–H and O–H groups in total. The number of hydrogen-bond donors (Lipinski definition) is 2. The van der Waals surface area contributed by atoms with Crippen LogP contribution >= 0.6 is 15.9 Å². The van der Waals surface area contributed by atoms with Gasteiger partial charge in [0.15, 0.2) is 0 Å². The molecule has 1 aromatic carbocycles. The molecule has 1 amide bonds. The largest absolute Gasteiger partial charge is 0.353 e. The molecule has 0 bridgehead atoms. The average molecular weight is 385 g/mol. The van der Waals surface area contributed by atoms with E-state index in [4.69, 9.17) is 0 Å². The Kier molecular flexibility index (Phi) is 5.83. The predicted molar refractivity (Wildman–Crippen MR) is 77.1 cm³/mol. The number of sulfonamides is 1. The maximum Gasteiger partial charge on any atom is 0.245 e. The van der Waals surface area contributed by atoms with Gasteiger partial charge in [-0.25, -0.2) is 17.2 Å². The lowest BCUT2D eigenvalue weighted by Crippen LogP contribution is -2.46. The molecule has 0 saturated heterocycles. The molecular weight excluding hydrogens is 370 g/mol. The van der Waals surface area contributed by atoms with Crippen molar-refractivity contribution in [3.8, 4) is 0 Å². The number of nitrogens with one attached hydrogen (secondary N) is 2. The third kappa shape index (κ3) is 4.72. The maximum atomic E-state index is 13.7. The number of rotatable bonds is 5. The van der Waals surface area contributed by atoms with E-state index in [0.29, 0.717) is 6.07 Å². The van der Waals surface area contributed by atoms with Crippen LogP contribution in [-0.2, 0) is 14.8 Å². The molecule has 0 radical (unpaired) electrons. The van der Waals surface area contributed by atoms with Crippen LogP contribution in [0.25, 0.3) is 0 Å². The smallest absolute Gasteiger partial charge is 0.245 e. The monoisotopic (exact) mass is 384 g/mol. The van der Waals surface area contributed by atoms with Gasteiger partial charge in [0.05, 0.1) is 6.04 Å². The molecule has 9 heteroatoms. The molecule has 21 heavy (non-hydrogen) atoms. The Morgan fingerprint density at radius 3 is 2.29 bits per heavy atom. The molecule has 0 spiro atoms. The van der Waals surface area contributed by atoms with E-state index in [2.05, 4.69) is 21.2 Å². The van der Waals surface area contributed by atoms with E-state index in [1.54, 1.807) is 13.8 Å². The molecule has 0 aliphatic carbocycles. The van der Waals surface area contributed by atoms with E-state index in [0.717, 1.165) is 6.07 Å². The summed E-state index contributed by atoms with van der Waals surface area (Å²) in [6.45, 7) is 4.76. The van der Waals surface area contributed by atoms with Crippen LogP contribution < -0.4 is 10.0 Å². The highest BCUT2D eigenvalue weighted by molar-refractivity contribution is 9.10. The van der Waals surface area contributed by atoms with E-state index < -0.39 is 38.5 Å². The summed E-state index contributed by atoms with van der Waals surface area (Å²) < 4.78 is 52.7. The Labute approximate surface area is 130 Å². The second-order valence-corrected chi connectivity index (χ2v) is 7.21. The standard InChI is InChI=1S/C12H15BrF2N2O3S/c1-6(2)16-12(18)7(3)17-21(19,20)11-9(13)4-8(14)5-10(11)15/h4-7,17H,1-3H3,(H,16,18). The minimum absolute atomic E-state index is 0.168. The van der Waals surface area contributed by atoms with Crippen LogP contribution in [-0.4, -0.2) is 26.4 Å². The van der Waals surface area contributed by atoms with Crippen molar-refractivity contribution in [2.24, 2.45) is 0 Å². The maximum absolute atomic E-state index is 13.7. The zero-order valence-electron chi connectivity index (χ0n) is 11.6. The Hall–Kier alpha value is -1.06. The van der Waals surface area contributed by atoms with E-state index >= 15 is 0 Å². The van der Waals surface area contributed by atoms with Gasteiger partial charge in [-0.15, -0.1) is 0 Å². The second kappa shape index (κ2) is 6.80. The summed E-state index contributed by atoms with van der Waals surface area (Å²) in [6, 6.07) is 0.0156. The third-order valence-electron chi connectivity index (χ3n) is 2.39. The van der Waals surface area contributed by atoms with Crippen molar-refractivity contribution in [2.45, 2.75) is 37.8 Å². The van der Waals surface area contributed by atoms with Crippen LogP contribution in [0.3, 0.4) is 0 Å². The van der Waals surface area contributed by atoms with Gasteiger partial charge in [-0.3, -0.25) is 4.79 Å². The van der Waals surface area contributed by atoms with Gasteiger partial charge >= 0.3 is 0 Å². The average Bonchev–Trinajstić information content (AvgIpc) is 2.24. The minimum Gasteiger partial charge on any atom is -0.353 e. The molecule has 5 nitrogen and oxygen atoms in total. The Balaban J connectivity index is 3.05. The third-order valence-corrected chi connectivity index (χ3v) is 4.89. The number of hydrogen-bond acceptors (Lipinski definition) is 3. The first-order chi connectivity index (χ1) is 9.54. The first-order valence-electron chi connectivity index (χ1n) is 6.02. The van der Waals surface area contributed by atoms with E-state index in [1.807, 2.05) is 4.72 Å². The minimum atomic E-state index is -4.32. The SMILES string of the molecule is CC(C)NC(=O)C(C)NS(=O)(=O)c1c(F)cc(F)cc1Br. The van der Waals surface area contributed by atoms with Crippen LogP contribution in [0.1, 0.15) is 20.8 Å². The highest BCUT2D eigenvalue weighted by Gasteiger charge is 2.27. The molecule has 1 rings (SSSR count). The fourth-order valence-corrected chi connectivity index (χ4v) is 3.91. The number of amides is 1. The van der Waals surface area contributed by atoms with Gasteiger partial charge in [-0.05, 0) is 42.8 Å². The molecular formula is C12H15BrF2N2O3S. The van der Waals surface area contributed by atoms with Gasteiger partial charge in [-0.2, -0.15) is 4.72 Å². The molecule has 0 aliphatic rings. The van der Waals surface area contributed by atoms with Crippen molar-refractivity contribution >= 4 is 31.9 Å². The summed E-state index contributed by atoms with van der Waals surface area (Å²) in [5.74, 6) is -2.71. The lowest BCUT2D eigenvalue weighted by molar-refractivity contribution is -0.122. The van der Waals surface area contributed by atoms with E-state index in [9.17, 15) is 22.0 Å². The first-order valence-corrected chi connectivity index (χ1v) is 8.29. The number of carbonyl (C=O) groups is 1. The van der Waals surface area contributed by atoms with Crippen molar-refractivity contribution in [1.29, 1.82) is 0 Å². The lowest BCUT2D eigenvalue weighted by atomic mass is 10.3. The van der Waals surface area contributed by atoms with Crippen LogP contribution in [0.5, 0.6) is 0 Å². The number of benzene rings is 1. The molecule has 1 aromatic rings. The summed E-state index contributed by atoms with van der Waals surface area (Å²) in [4.78, 5) is 10.9. The molecule has 118 valence electrons. The molecule has 0 fully saturated rings. The van der Waals surface area contributed by atoms with Gasteiger partial charge in [0, 0.05) is 16.6 Å². The number of halogens is 3.